The van der Waals surface area contributed by atoms with Gasteiger partial charge in [0.05, 0.1) is 12.0 Å². The Hall–Kier alpha value is -1.92. The van der Waals surface area contributed by atoms with Gasteiger partial charge in [0, 0.05) is 18.4 Å². The zero-order valence-electron chi connectivity index (χ0n) is 25.8. The molecule has 7 heteroatoms. The lowest BCUT2D eigenvalue weighted by Crippen LogP contribution is -2.67. The monoisotopic (exact) mass is 556 g/mol. The van der Waals surface area contributed by atoms with Crippen molar-refractivity contribution in [3.63, 3.8) is 0 Å². The molecular formula is C33H52N2O5. The predicted molar refractivity (Wildman–Crippen MR) is 155 cm³/mol. The van der Waals surface area contributed by atoms with Crippen LogP contribution in [0.25, 0.3) is 0 Å². The number of carbonyl (C=O) groups excluding carboxylic acids is 2. The second-order valence-corrected chi connectivity index (χ2v) is 15.7. The number of hydrogen-bond acceptors (Lipinski definition) is 5. The normalized spacial score (nSPS) is 45.4. The zero-order valence-corrected chi connectivity index (χ0v) is 25.8. The van der Waals surface area contributed by atoms with Crippen LogP contribution in [0.2, 0.25) is 0 Å². The van der Waals surface area contributed by atoms with E-state index in [4.69, 9.17) is 0 Å². The summed E-state index contributed by atoms with van der Waals surface area (Å²) in [6.45, 7) is 19.1. The third kappa shape index (κ3) is 4.02. The van der Waals surface area contributed by atoms with E-state index in [9.17, 15) is 19.7 Å². The third-order valence-corrected chi connectivity index (χ3v) is 14.1. The molecule has 0 saturated heterocycles. The van der Waals surface area contributed by atoms with E-state index in [1.54, 1.807) is 0 Å². The molecule has 0 aliphatic heterocycles. The summed E-state index contributed by atoms with van der Waals surface area (Å²) < 4.78 is 0. The number of allylic oxidation sites excluding steroid dienone is 1. The first-order valence-electron chi connectivity index (χ1n) is 15.9. The van der Waals surface area contributed by atoms with Crippen LogP contribution in [0.4, 0.5) is 0 Å². The molecule has 0 aromatic carbocycles. The van der Waals surface area contributed by atoms with E-state index >= 15 is 0 Å². The van der Waals surface area contributed by atoms with E-state index in [-0.39, 0.29) is 45.5 Å². The molecule has 0 aromatic heterocycles. The fourth-order valence-electron chi connectivity index (χ4n) is 11.9. The summed E-state index contributed by atoms with van der Waals surface area (Å²) in [5, 5.41) is 12.9. The Balaban J connectivity index is 1.44. The number of hydrogen-bond donors (Lipinski definition) is 1. The van der Waals surface area contributed by atoms with Gasteiger partial charge in [0.25, 0.3) is 5.09 Å². The lowest BCUT2D eigenvalue weighted by atomic mass is 9.32. The second kappa shape index (κ2) is 9.83. The average Bonchev–Trinajstić information content (AvgIpc) is 3.28. The molecule has 5 rings (SSSR count). The quantitative estimate of drug-likeness (QED) is 0.159. The Bertz CT molecular complexity index is 1090. The van der Waals surface area contributed by atoms with E-state index < -0.39 is 5.09 Å². The van der Waals surface area contributed by atoms with Crippen molar-refractivity contribution in [2.75, 3.05) is 13.2 Å². The lowest BCUT2D eigenvalue weighted by molar-refractivity contribution is -0.757. The Morgan fingerprint density at radius 1 is 1.00 bits per heavy atom. The summed E-state index contributed by atoms with van der Waals surface area (Å²) in [7, 11) is 0. The molecule has 224 valence electrons. The molecule has 0 bridgehead atoms. The molecule has 0 unspecified atom stereocenters. The highest BCUT2D eigenvalue weighted by atomic mass is 16.9. The summed E-state index contributed by atoms with van der Waals surface area (Å²) in [6.07, 6.45) is 10.7. The average molecular weight is 557 g/mol. The number of ketones is 1. The Kier molecular flexibility index (Phi) is 7.27. The van der Waals surface area contributed by atoms with Gasteiger partial charge in [0.1, 0.15) is 5.78 Å². The van der Waals surface area contributed by atoms with Gasteiger partial charge in [-0.1, -0.05) is 46.8 Å². The number of nitrogens with zero attached hydrogens (tertiary/aromatic N) is 1. The topological polar surface area (TPSA) is 98.5 Å². The molecule has 1 amide bonds. The lowest BCUT2D eigenvalue weighted by Gasteiger charge is -2.72. The van der Waals surface area contributed by atoms with Crippen molar-refractivity contribution in [1.29, 1.82) is 0 Å². The summed E-state index contributed by atoms with van der Waals surface area (Å²) in [5.74, 6) is 2.74. The minimum atomic E-state index is -0.774. The number of amides is 1. The smallest absolute Gasteiger partial charge is 0.294 e. The number of Topliss-reactive ketones (excluding diaryl/α,β-unsaturated/α-hetero) is 1. The van der Waals surface area contributed by atoms with Gasteiger partial charge >= 0.3 is 0 Å². The van der Waals surface area contributed by atoms with E-state index in [1.165, 1.54) is 18.4 Å². The van der Waals surface area contributed by atoms with Crippen molar-refractivity contribution in [1.82, 2.24) is 5.32 Å². The van der Waals surface area contributed by atoms with E-state index in [2.05, 4.69) is 58.3 Å². The maximum atomic E-state index is 14.0. The van der Waals surface area contributed by atoms with Gasteiger partial charge in [-0.15, -0.1) is 10.1 Å². The van der Waals surface area contributed by atoms with Crippen LogP contribution in [0.5, 0.6) is 0 Å². The molecule has 0 radical (unpaired) electrons. The van der Waals surface area contributed by atoms with Crippen LogP contribution in [-0.4, -0.2) is 29.9 Å². The van der Waals surface area contributed by atoms with Crippen molar-refractivity contribution in [2.24, 2.45) is 56.7 Å². The molecule has 0 spiro atoms. The third-order valence-electron chi connectivity index (χ3n) is 14.1. The van der Waals surface area contributed by atoms with Crippen molar-refractivity contribution >= 4 is 11.7 Å². The predicted octanol–water partition coefficient (Wildman–Crippen LogP) is 6.93. The zero-order chi connectivity index (χ0) is 29.3. The Labute approximate surface area is 240 Å². The first kappa shape index (κ1) is 29.6. The number of fused-ring (bicyclic) bond motifs is 7. The molecule has 5 aliphatic rings. The SMILES string of the molecule is C=C(C)[C@@H]1CC[C@]2(C(=O)NCCCO[N+](=O)[O-])CC[C@]3(C)[C@H](CC[C@@H]4[C@@]5(C)CCC(=O)C(C)(C)[C@@H]5CC[C@]43C)[C@@H]12. The van der Waals surface area contributed by atoms with Crippen molar-refractivity contribution in [3.05, 3.63) is 22.3 Å². The van der Waals surface area contributed by atoms with Gasteiger partial charge < -0.3 is 10.2 Å². The summed E-state index contributed by atoms with van der Waals surface area (Å²) in [5.41, 5.74) is 1.08. The summed E-state index contributed by atoms with van der Waals surface area (Å²) >= 11 is 0. The van der Waals surface area contributed by atoms with Crippen LogP contribution in [0.15, 0.2) is 12.2 Å². The first-order valence-corrected chi connectivity index (χ1v) is 15.9. The molecule has 7 nitrogen and oxygen atoms in total. The molecule has 0 aromatic rings. The highest BCUT2D eigenvalue weighted by Gasteiger charge is 2.71. The van der Waals surface area contributed by atoms with Crippen LogP contribution >= 0.6 is 0 Å². The minimum absolute atomic E-state index is 0.000698. The van der Waals surface area contributed by atoms with Gasteiger partial charge in [-0.2, -0.15) is 0 Å². The largest absolute Gasteiger partial charge is 0.356 e. The molecule has 5 aliphatic carbocycles. The Morgan fingerprint density at radius 3 is 2.40 bits per heavy atom. The van der Waals surface area contributed by atoms with E-state index in [0.29, 0.717) is 48.8 Å². The van der Waals surface area contributed by atoms with Crippen LogP contribution in [0.1, 0.15) is 112 Å². The fraction of sp³-hybridized carbons (Fsp3) is 0.879. The van der Waals surface area contributed by atoms with Crippen molar-refractivity contribution in [3.8, 4) is 0 Å². The van der Waals surface area contributed by atoms with Crippen LogP contribution < -0.4 is 5.32 Å². The van der Waals surface area contributed by atoms with Crippen molar-refractivity contribution < 1.29 is 19.5 Å². The maximum absolute atomic E-state index is 14.0. The van der Waals surface area contributed by atoms with Crippen LogP contribution in [0.3, 0.4) is 0 Å². The molecule has 5 saturated carbocycles. The number of nitrogens with one attached hydrogen (secondary N) is 1. The van der Waals surface area contributed by atoms with Crippen molar-refractivity contribution in [2.45, 2.75) is 112 Å². The summed E-state index contributed by atoms with van der Waals surface area (Å²) in [4.78, 5) is 42.0. The first-order chi connectivity index (χ1) is 18.6. The van der Waals surface area contributed by atoms with Crippen LogP contribution in [0, 0.1) is 66.8 Å². The molecule has 1 N–H and O–H groups in total. The summed E-state index contributed by atoms with van der Waals surface area (Å²) in [6, 6.07) is 0. The maximum Gasteiger partial charge on any atom is 0.294 e. The second-order valence-electron chi connectivity index (χ2n) is 15.7. The molecule has 5 fully saturated rings. The van der Waals surface area contributed by atoms with E-state index in [0.717, 1.165) is 44.9 Å². The minimum Gasteiger partial charge on any atom is -0.356 e. The van der Waals surface area contributed by atoms with Gasteiger partial charge in [-0.25, -0.2) is 0 Å². The highest BCUT2D eigenvalue weighted by molar-refractivity contribution is 5.85. The molecule has 0 heterocycles. The Morgan fingerprint density at radius 2 is 1.73 bits per heavy atom. The highest BCUT2D eigenvalue weighted by Crippen LogP contribution is 2.77. The number of carbonyl (C=O) groups is 2. The molecule has 40 heavy (non-hydrogen) atoms. The van der Waals surface area contributed by atoms with Gasteiger partial charge in [-0.3, -0.25) is 9.59 Å². The van der Waals surface area contributed by atoms with Gasteiger partial charge in [-0.05, 0) is 117 Å². The fourth-order valence-corrected chi connectivity index (χ4v) is 11.9. The van der Waals surface area contributed by atoms with Gasteiger partial charge in [0.15, 0.2) is 0 Å². The van der Waals surface area contributed by atoms with Crippen LogP contribution in [-0.2, 0) is 14.4 Å². The molecule has 9 atom stereocenters. The number of rotatable bonds is 7. The standard InChI is InChI=1S/C33H52N2O5/c1-21(2)22-11-16-33(28(37)34-19-8-20-40-35(38)39)18-17-31(6)23(27(22)33)9-10-25-30(5)14-13-26(36)29(3,4)24(30)12-15-32(25,31)7/h22-25,27H,1,8-20H2,2-7H3,(H,34,37)/t22-,23+,24-,25+,27+,30-,31+,32+,33-/m0/s1. The molecular weight excluding hydrogens is 504 g/mol. The van der Waals surface area contributed by atoms with Gasteiger partial charge in [0.2, 0.25) is 5.91 Å². The van der Waals surface area contributed by atoms with E-state index in [1.807, 2.05) is 0 Å².